The number of para-hydroxylation sites is 1. The van der Waals surface area contributed by atoms with Gasteiger partial charge in [0.2, 0.25) is 0 Å². The Labute approximate surface area is 158 Å². The minimum atomic E-state index is 0.550. The van der Waals surface area contributed by atoms with Crippen LogP contribution in [0.2, 0.25) is 0 Å². The Morgan fingerprint density at radius 3 is 2.81 bits per heavy atom. The van der Waals surface area contributed by atoms with Gasteiger partial charge in [0.25, 0.3) is 0 Å². The van der Waals surface area contributed by atoms with Gasteiger partial charge in [0.05, 0.1) is 18.6 Å². The van der Waals surface area contributed by atoms with Crippen LogP contribution >= 0.6 is 0 Å². The van der Waals surface area contributed by atoms with Crippen molar-refractivity contribution >= 4 is 5.69 Å². The van der Waals surface area contributed by atoms with Crippen molar-refractivity contribution in [1.29, 1.82) is 0 Å². The number of imidazole rings is 1. The van der Waals surface area contributed by atoms with Crippen LogP contribution in [0.1, 0.15) is 69.8 Å². The summed E-state index contributed by atoms with van der Waals surface area (Å²) in [5.41, 5.74) is 2.62. The predicted octanol–water partition coefficient (Wildman–Crippen LogP) is 5.61. The number of anilines is 1. The standard InChI is InChI=1S/C22H33N3O/c1-2-3-4-5-6-7-8-16-26-21-11-9-10-20-19(17-24-22(20)21)12-14-25-15-13-23-18-25/h9-11,13,15,18-19,24H,2-8,12,14,16-17H2,1H3. The van der Waals surface area contributed by atoms with Crippen molar-refractivity contribution in [2.75, 3.05) is 18.5 Å². The number of benzene rings is 1. The van der Waals surface area contributed by atoms with Crippen LogP contribution in [0.5, 0.6) is 5.75 Å². The first-order valence-corrected chi connectivity index (χ1v) is 10.3. The number of hydrogen-bond donors (Lipinski definition) is 1. The van der Waals surface area contributed by atoms with Crippen LogP contribution in [0, 0.1) is 0 Å². The summed E-state index contributed by atoms with van der Waals surface area (Å²) in [4.78, 5) is 4.12. The van der Waals surface area contributed by atoms with Gasteiger partial charge in [-0.05, 0) is 24.5 Å². The molecular weight excluding hydrogens is 322 g/mol. The molecule has 0 aliphatic carbocycles. The van der Waals surface area contributed by atoms with Crippen molar-refractivity contribution < 1.29 is 4.74 Å². The molecule has 1 aliphatic rings. The number of aryl methyl sites for hydroxylation is 1. The molecule has 26 heavy (non-hydrogen) atoms. The smallest absolute Gasteiger partial charge is 0.142 e. The minimum absolute atomic E-state index is 0.550. The van der Waals surface area contributed by atoms with E-state index in [0.717, 1.165) is 38.3 Å². The second kappa shape index (κ2) is 10.2. The maximum absolute atomic E-state index is 6.10. The molecule has 4 heteroatoms. The number of nitrogens with one attached hydrogen (secondary N) is 1. The number of rotatable bonds is 12. The molecule has 1 aliphatic heterocycles. The number of hydrogen-bond acceptors (Lipinski definition) is 3. The first-order chi connectivity index (χ1) is 12.9. The van der Waals surface area contributed by atoms with E-state index in [0.29, 0.717) is 5.92 Å². The maximum atomic E-state index is 6.10. The maximum Gasteiger partial charge on any atom is 0.142 e. The molecule has 0 radical (unpaired) electrons. The minimum Gasteiger partial charge on any atom is -0.491 e. The molecule has 1 N–H and O–H groups in total. The van der Waals surface area contributed by atoms with Gasteiger partial charge in [-0.1, -0.05) is 57.6 Å². The SMILES string of the molecule is CCCCCCCCCOc1cccc2c1NCC2CCn1ccnc1. The number of aromatic nitrogens is 2. The number of unbranched alkanes of at least 4 members (excludes halogenated alkanes) is 6. The molecule has 2 aromatic rings. The second-order valence-electron chi connectivity index (χ2n) is 7.36. The largest absolute Gasteiger partial charge is 0.491 e. The first-order valence-electron chi connectivity index (χ1n) is 10.3. The van der Waals surface area contributed by atoms with Gasteiger partial charge in [-0.2, -0.15) is 0 Å². The number of ether oxygens (including phenoxy) is 1. The third-order valence-electron chi connectivity index (χ3n) is 5.32. The molecular formula is C22H33N3O. The Bertz CT molecular complexity index is 639. The highest BCUT2D eigenvalue weighted by atomic mass is 16.5. The van der Waals surface area contributed by atoms with E-state index in [9.17, 15) is 0 Å². The van der Waals surface area contributed by atoms with Crippen LogP contribution in [-0.4, -0.2) is 22.7 Å². The summed E-state index contributed by atoms with van der Waals surface area (Å²) >= 11 is 0. The highest BCUT2D eigenvalue weighted by Crippen LogP contribution is 2.40. The van der Waals surface area contributed by atoms with Crippen molar-refractivity contribution in [3.63, 3.8) is 0 Å². The van der Waals surface area contributed by atoms with Gasteiger partial charge < -0.3 is 14.6 Å². The van der Waals surface area contributed by atoms with Gasteiger partial charge >= 0.3 is 0 Å². The summed E-state index contributed by atoms with van der Waals surface area (Å²) in [6, 6.07) is 6.48. The molecule has 0 bridgehead atoms. The molecule has 0 saturated carbocycles. The van der Waals surface area contributed by atoms with E-state index in [1.54, 1.807) is 0 Å². The Morgan fingerprint density at radius 2 is 2.00 bits per heavy atom. The molecule has 0 spiro atoms. The summed E-state index contributed by atoms with van der Waals surface area (Å²) in [7, 11) is 0. The summed E-state index contributed by atoms with van der Waals surface area (Å²) < 4.78 is 8.25. The molecule has 1 aromatic carbocycles. The molecule has 142 valence electrons. The highest BCUT2D eigenvalue weighted by molar-refractivity contribution is 5.66. The molecule has 0 saturated heterocycles. The molecule has 0 fully saturated rings. The lowest BCUT2D eigenvalue weighted by Crippen LogP contribution is -2.06. The Kier molecular flexibility index (Phi) is 7.41. The Hall–Kier alpha value is -1.97. The van der Waals surface area contributed by atoms with Gasteiger partial charge in [0.15, 0.2) is 0 Å². The Balaban J connectivity index is 1.42. The van der Waals surface area contributed by atoms with Gasteiger partial charge in [-0.3, -0.25) is 0 Å². The van der Waals surface area contributed by atoms with Gasteiger partial charge in [-0.25, -0.2) is 4.98 Å². The lowest BCUT2D eigenvalue weighted by atomic mass is 9.97. The topological polar surface area (TPSA) is 39.1 Å². The first kappa shape index (κ1) is 18.8. The van der Waals surface area contributed by atoms with Crippen LogP contribution in [0.4, 0.5) is 5.69 Å². The summed E-state index contributed by atoms with van der Waals surface area (Å²) in [6.07, 6.45) is 16.1. The summed E-state index contributed by atoms with van der Waals surface area (Å²) in [5, 5.41) is 3.57. The predicted molar refractivity (Wildman–Crippen MR) is 108 cm³/mol. The molecule has 2 heterocycles. The van der Waals surface area contributed by atoms with Gasteiger partial charge in [0.1, 0.15) is 5.75 Å². The van der Waals surface area contributed by atoms with Crippen LogP contribution < -0.4 is 10.1 Å². The molecule has 0 amide bonds. The van der Waals surface area contributed by atoms with E-state index in [4.69, 9.17) is 4.74 Å². The summed E-state index contributed by atoms with van der Waals surface area (Å²) in [5.74, 6) is 1.58. The molecule has 1 unspecified atom stereocenters. The quantitative estimate of drug-likeness (QED) is 0.503. The third-order valence-corrected chi connectivity index (χ3v) is 5.32. The van der Waals surface area contributed by atoms with Crippen molar-refractivity contribution in [1.82, 2.24) is 9.55 Å². The molecule has 3 rings (SSSR count). The van der Waals surface area contributed by atoms with Crippen LogP contribution in [0.25, 0.3) is 0 Å². The highest BCUT2D eigenvalue weighted by Gasteiger charge is 2.24. The zero-order valence-electron chi connectivity index (χ0n) is 16.1. The fraction of sp³-hybridized carbons (Fsp3) is 0.591. The lowest BCUT2D eigenvalue weighted by Gasteiger charge is -2.13. The van der Waals surface area contributed by atoms with Crippen LogP contribution in [-0.2, 0) is 6.54 Å². The van der Waals surface area contributed by atoms with Crippen molar-refractivity contribution in [2.24, 2.45) is 0 Å². The van der Waals surface area contributed by atoms with E-state index in [-0.39, 0.29) is 0 Å². The fourth-order valence-corrected chi connectivity index (χ4v) is 3.76. The van der Waals surface area contributed by atoms with Crippen molar-refractivity contribution in [3.05, 3.63) is 42.5 Å². The Morgan fingerprint density at radius 1 is 1.15 bits per heavy atom. The fourth-order valence-electron chi connectivity index (χ4n) is 3.76. The zero-order chi connectivity index (χ0) is 18.0. The second-order valence-corrected chi connectivity index (χ2v) is 7.36. The average molecular weight is 356 g/mol. The van der Waals surface area contributed by atoms with Gasteiger partial charge in [0, 0.05) is 31.4 Å². The molecule has 4 nitrogen and oxygen atoms in total. The van der Waals surface area contributed by atoms with E-state index in [2.05, 4.69) is 40.0 Å². The van der Waals surface area contributed by atoms with E-state index in [1.165, 1.54) is 49.8 Å². The summed E-state index contributed by atoms with van der Waals surface area (Å²) in [6.45, 7) is 5.10. The van der Waals surface area contributed by atoms with Crippen LogP contribution in [0.15, 0.2) is 36.9 Å². The van der Waals surface area contributed by atoms with Crippen LogP contribution in [0.3, 0.4) is 0 Å². The normalized spacial score (nSPS) is 15.7. The van der Waals surface area contributed by atoms with E-state index >= 15 is 0 Å². The van der Waals surface area contributed by atoms with E-state index in [1.807, 2.05) is 18.7 Å². The number of nitrogens with zero attached hydrogens (tertiary/aromatic N) is 2. The monoisotopic (exact) mass is 355 g/mol. The van der Waals surface area contributed by atoms with Crippen molar-refractivity contribution in [3.8, 4) is 5.75 Å². The van der Waals surface area contributed by atoms with Crippen molar-refractivity contribution in [2.45, 2.75) is 70.8 Å². The average Bonchev–Trinajstić information content (AvgIpc) is 3.32. The molecule has 1 atom stereocenters. The van der Waals surface area contributed by atoms with E-state index < -0.39 is 0 Å². The third kappa shape index (κ3) is 5.26. The van der Waals surface area contributed by atoms with Gasteiger partial charge in [-0.15, -0.1) is 0 Å². The number of fused-ring (bicyclic) bond motifs is 1. The lowest BCUT2D eigenvalue weighted by molar-refractivity contribution is 0.305. The molecule has 1 aromatic heterocycles. The zero-order valence-corrected chi connectivity index (χ0v) is 16.1.